The van der Waals surface area contributed by atoms with Crippen LogP contribution in [0.4, 0.5) is 9.93 Å². The molecule has 0 unspecified atom stereocenters. The zero-order valence-corrected chi connectivity index (χ0v) is 17.7. The first-order valence-electron chi connectivity index (χ1n) is 9.89. The normalized spacial score (nSPS) is 10.8. The highest BCUT2D eigenvalue weighted by Gasteiger charge is 2.18. The van der Waals surface area contributed by atoms with Gasteiger partial charge in [-0.3, -0.25) is 5.32 Å². The molecular weight excluding hydrogens is 410 g/mol. The largest absolute Gasteiger partial charge is 0.462 e. The van der Waals surface area contributed by atoms with Crippen molar-refractivity contribution in [2.75, 3.05) is 11.9 Å². The lowest BCUT2D eigenvalue weighted by atomic mass is 9.99. The Morgan fingerprint density at radius 2 is 1.61 bits per heavy atom. The Kier molecular flexibility index (Phi) is 6.24. The van der Waals surface area contributed by atoms with E-state index < -0.39 is 0 Å². The van der Waals surface area contributed by atoms with Crippen LogP contribution in [-0.4, -0.2) is 23.6 Å². The maximum Gasteiger partial charge on any atom is 0.338 e. The van der Waals surface area contributed by atoms with Gasteiger partial charge in [-0.05, 0) is 36.2 Å². The average molecular weight is 432 g/mol. The molecule has 4 aromatic rings. The fourth-order valence-electron chi connectivity index (χ4n) is 3.23. The van der Waals surface area contributed by atoms with Gasteiger partial charge in [-0.1, -0.05) is 72.0 Å². The summed E-state index contributed by atoms with van der Waals surface area (Å²) in [7, 11) is 0. The first kappa shape index (κ1) is 20.6. The third kappa shape index (κ3) is 4.90. The number of aromatic nitrogens is 1. The number of fused-ring (bicyclic) bond motifs is 1. The van der Waals surface area contributed by atoms with Gasteiger partial charge in [0.25, 0.3) is 0 Å². The van der Waals surface area contributed by atoms with E-state index in [-0.39, 0.29) is 18.0 Å². The number of nitrogens with one attached hydrogen (secondary N) is 2. The van der Waals surface area contributed by atoms with Crippen molar-refractivity contribution in [3.63, 3.8) is 0 Å². The average Bonchev–Trinajstić information content (AvgIpc) is 3.20. The lowest BCUT2D eigenvalue weighted by Crippen LogP contribution is -2.33. The zero-order valence-electron chi connectivity index (χ0n) is 16.9. The molecule has 3 aromatic carbocycles. The number of benzene rings is 3. The molecule has 0 saturated heterocycles. The van der Waals surface area contributed by atoms with E-state index in [1.165, 1.54) is 11.3 Å². The molecule has 7 heteroatoms. The Balaban J connectivity index is 1.52. The molecule has 0 aliphatic carbocycles. The molecule has 2 amide bonds. The van der Waals surface area contributed by atoms with Gasteiger partial charge < -0.3 is 10.1 Å². The number of anilines is 1. The van der Waals surface area contributed by atoms with Crippen LogP contribution < -0.4 is 10.6 Å². The van der Waals surface area contributed by atoms with Crippen molar-refractivity contribution in [1.82, 2.24) is 10.3 Å². The van der Waals surface area contributed by atoms with Crippen LogP contribution in [0.15, 0.2) is 78.9 Å². The smallest absolute Gasteiger partial charge is 0.338 e. The molecular formula is C24H21N3O3S. The number of carbonyl (C=O) groups is 2. The summed E-state index contributed by atoms with van der Waals surface area (Å²) in [6, 6.07) is 24.1. The van der Waals surface area contributed by atoms with Gasteiger partial charge >= 0.3 is 12.0 Å². The monoisotopic (exact) mass is 431 g/mol. The first-order valence-corrected chi connectivity index (χ1v) is 10.7. The van der Waals surface area contributed by atoms with Crippen molar-refractivity contribution in [3.8, 4) is 0 Å². The van der Waals surface area contributed by atoms with E-state index in [9.17, 15) is 9.59 Å². The first-order chi connectivity index (χ1) is 15.1. The van der Waals surface area contributed by atoms with Crippen LogP contribution in [0.25, 0.3) is 10.2 Å². The number of amides is 2. The highest BCUT2D eigenvalue weighted by atomic mass is 32.1. The molecule has 4 rings (SSSR count). The summed E-state index contributed by atoms with van der Waals surface area (Å²) < 4.78 is 5.84. The van der Waals surface area contributed by atoms with Gasteiger partial charge in [0.1, 0.15) is 0 Å². The van der Waals surface area contributed by atoms with Crippen LogP contribution >= 0.6 is 11.3 Å². The van der Waals surface area contributed by atoms with Gasteiger partial charge in [0.2, 0.25) is 0 Å². The van der Waals surface area contributed by atoms with Gasteiger partial charge in [-0.15, -0.1) is 0 Å². The van der Waals surface area contributed by atoms with Gasteiger partial charge in [0.05, 0.1) is 28.4 Å². The van der Waals surface area contributed by atoms with Crippen molar-refractivity contribution < 1.29 is 14.3 Å². The Hall–Kier alpha value is -3.71. The highest BCUT2D eigenvalue weighted by molar-refractivity contribution is 7.22. The van der Waals surface area contributed by atoms with Crippen molar-refractivity contribution in [2.24, 2.45) is 0 Å². The van der Waals surface area contributed by atoms with Crippen LogP contribution in [0, 0.1) is 0 Å². The van der Waals surface area contributed by atoms with Crippen molar-refractivity contribution in [2.45, 2.75) is 13.0 Å². The van der Waals surface area contributed by atoms with Crippen LogP contribution in [0.2, 0.25) is 0 Å². The topological polar surface area (TPSA) is 80.3 Å². The summed E-state index contributed by atoms with van der Waals surface area (Å²) in [6.07, 6.45) is 0. The molecule has 156 valence electrons. The van der Waals surface area contributed by atoms with E-state index in [4.69, 9.17) is 4.74 Å². The minimum absolute atomic E-state index is 0.299. The third-order valence-electron chi connectivity index (χ3n) is 4.66. The molecule has 1 aromatic heterocycles. The summed E-state index contributed by atoms with van der Waals surface area (Å²) in [5.74, 6) is -0.376. The van der Waals surface area contributed by atoms with Crippen LogP contribution in [-0.2, 0) is 4.74 Å². The number of nitrogens with zero attached hydrogens (tertiary/aromatic N) is 1. The van der Waals surface area contributed by atoms with Crippen molar-refractivity contribution in [3.05, 3.63) is 95.6 Å². The van der Waals surface area contributed by atoms with Gasteiger partial charge in [-0.25, -0.2) is 14.6 Å². The number of hydrogen-bond donors (Lipinski definition) is 2. The van der Waals surface area contributed by atoms with E-state index in [2.05, 4.69) is 15.6 Å². The predicted octanol–water partition coefficient (Wildman–Crippen LogP) is 5.38. The van der Waals surface area contributed by atoms with E-state index in [1.807, 2.05) is 60.7 Å². The molecule has 0 aliphatic heterocycles. The fraction of sp³-hybridized carbons (Fsp3) is 0.125. The number of urea groups is 1. The van der Waals surface area contributed by atoms with Crippen molar-refractivity contribution in [1.29, 1.82) is 0 Å². The number of esters is 1. The molecule has 0 saturated carbocycles. The highest BCUT2D eigenvalue weighted by Crippen LogP contribution is 2.28. The van der Waals surface area contributed by atoms with Gasteiger partial charge in [-0.2, -0.15) is 0 Å². The Labute approximate surface area is 183 Å². The molecule has 1 heterocycles. The second-order valence-electron chi connectivity index (χ2n) is 6.77. The number of hydrogen-bond acceptors (Lipinski definition) is 5. The molecule has 2 N–H and O–H groups in total. The Morgan fingerprint density at radius 1 is 0.968 bits per heavy atom. The number of ether oxygens (including phenoxy) is 1. The molecule has 0 bridgehead atoms. The summed E-state index contributed by atoms with van der Waals surface area (Å²) in [5.41, 5.74) is 3.12. The molecule has 0 spiro atoms. The van der Waals surface area contributed by atoms with E-state index in [0.717, 1.165) is 15.8 Å². The molecule has 0 atom stereocenters. The van der Waals surface area contributed by atoms with E-state index >= 15 is 0 Å². The Morgan fingerprint density at radius 3 is 2.23 bits per heavy atom. The second-order valence-corrected chi connectivity index (χ2v) is 7.81. The second kappa shape index (κ2) is 9.40. The predicted molar refractivity (Wildman–Crippen MR) is 122 cm³/mol. The van der Waals surface area contributed by atoms with Crippen molar-refractivity contribution >= 4 is 38.7 Å². The summed E-state index contributed by atoms with van der Waals surface area (Å²) in [6.45, 7) is 2.08. The number of thiazole rings is 1. The lowest BCUT2D eigenvalue weighted by Gasteiger charge is -2.19. The standard InChI is InChI=1S/C24H21N3O3S/c1-2-30-22(28)18-13-14-19-20(15-18)31-24(25-19)27-23(29)26-21(16-9-5-3-6-10-16)17-11-7-4-8-12-17/h3-15,21H,2H2,1H3,(H2,25,26,27,29). The van der Waals surface area contributed by atoms with Crippen LogP contribution in [0.3, 0.4) is 0 Å². The zero-order chi connectivity index (χ0) is 21.6. The summed E-state index contributed by atoms with van der Waals surface area (Å²) in [4.78, 5) is 29.2. The SMILES string of the molecule is CCOC(=O)c1ccc2nc(NC(=O)NC(c3ccccc3)c3ccccc3)sc2c1. The van der Waals surface area contributed by atoms with Crippen LogP contribution in [0.1, 0.15) is 34.5 Å². The third-order valence-corrected chi connectivity index (χ3v) is 5.59. The van der Waals surface area contributed by atoms with Crippen LogP contribution in [0.5, 0.6) is 0 Å². The molecule has 0 fully saturated rings. The maximum atomic E-state index is 12.8. The molecule has 6 nitrogen and oxygen atoms in total. The Bertz CT molecular complexity index is 1150. The summed E-state index contributed by atoms with van der Waals surface area (Å²) in [5, 5.41) is 6.30. The fourth-order valence-corrected chi connectivity index (χ4v) is 4.13. The lowest BCUT2D eigenvalue weighted by molar-refractivity contribution is 0.0526. The quantitative estimate of drug-likeness (QED) is 0.402. The minimum atomic E-state index is -0.376. The molecule has 0 radical (unpaired) electrons. The van der Waals surface area contributed by atoms with Gasteiger partial charge in [0.15, 0.2) is 5.13 Å². The van der Waals surface area contributed by atoms with E-state index in [1.54, 1.807) is 25.1 Å². The molecule has 31 heavy (non-hydrogen) atoms. The maximum absolute atomic E-state index is 12.8. The minimum Gasteiger partial charge on any atom is -0.462 e. The number of rotatable bonds is 6. The molecule has 0 aliphatic rings. The number of carbonyl (C=O) groups excluding carboxylic acids is 2. The van der Waals surface area contributed by atoms with Gasteiger partial charge in [0, 0.05) is 0 Å². The summed E-state index contributed by atoms with van der Waals surface area (Å²) >= 11 is 1.30. The van der Waals surface area contributed by atoms with E-state index in [0.29, 0.717) is 22.8 Å².